The summed E-state index contributed by atoms with van der Waals surface area (Å²) < 4.78 is 4.44. The van der Waals surface area contributed by atoms with Crippen LogP contribution in [0.4, 0.5) is 0 Å². The van der Waals surface area contributed by atoms with Crippen LogP contribution in [-0.4, -0.2) is 31.2 Å². The van der Waals surface area contributed by atoms with E-state index in [0.29, 0.717) is 25.2 Å². The summed E-state index contributed by atoms with van der Waals surface area (Å²) in [5, 5.41) is 7.94. The summed E-state index contributed by atoms with van der Waals surface area (Å²) in [6.45, 7) is 4.33. The van der Waals surface area contributed by atoms with Gasteiger partial charge in [0.25, 0.3) is 0 Å². The Labute approximate surface area is 68.4 Å². The number of Topliss-reactive ketones (excluding diaryl/α,β-unsaturated/α-hetero) is 1. The number of hydrogen-bond acceptors (Lipinski definition) is 3. The maximum absolute atomic E-state index is 10.2. The third-order valence-corrected chi connectivity index (χ3v) is 1.08. The van der Waals surface area contributed by atoms with Crippen molar-refractivity contribution in [2.24, 2.45) is 0 Å². The van der Waals surface area contributed by atoms with E-state index in [2.05, 4.69) is 4.74 Å². The number of methoxy groups -OCH3 is 1. The molecule has 0 saturated carbocycles. The van der Waals surface area contributed by atoms with Gasteiger partial charge in [-0.1, -0.05) is 13.8 Å². The van der Waals surface area contributed by atoms with Crippen LogP contribution in [0.2, 0.25) is 0 Å². The van der Waals surface area contributed by atoms with E-state index < -0.39 is 0 Å². The van der Waals surface area contributed by atoms with Crippen LogP contribution in [0, 0.1) is 0 Å². The molecule has 0 aliphatic rings. The first-order valence-corrected chi connectivity index (χ1v) is 3.84. The van der Waals surface area contributed by atoms with E-state index in [1.807, 2.05) is 13.8 Å². The average molecular weight is 162 g/mol. The van der Waals surface area contributed by atoms with E-state index >= 15 is 0 Å². The first-order chi connectivity index (χ1) is 5.22. The highest BCUT2D eigenvalue weighted by Crippen LogP contribution is 1.83. The van der Waals surface area contributed by atoms with Gasteiger partial charge in [-0.3, -0.25) is 4.79 Å². The zero-order valence-electron chi connectivity index (χ0n) is 7.59. The highest BCUT2D eigenvalue weighted by Gasteiger charge is 1.86. The second-order valence-corrected chi connectivity index (χ2v) is 1.96. The van der Waals surface area contributed by atoms with E-state index in [-0.39, 0.29) is 6.61 Å². The normalized spacial score (nSPS) is 8.36. The van der Waals surface area contributed by atoms with Crippen molar-refractivity contribution in [3.8, 4) is 0 Å². The van der Waals surface area contributed by atoms with Gasteiger partial charge in [-0.2, -0.15) is 0 Å². The minimum Gasteiger partial charge on any atom is -0.394 e. The van der Waals surface area contributed by atoms with Crippen molar-refractivity contribution in [3.05, 3.63) is 0 Å². The van der Waals surface area contributed by atoms with Crippen LogP contribution in [-0.2, 0) is 9.53 Å². The molecule has 11 heavy (non-hydrogen) atoms. The van der Waals surface area contributed by atoms with Gasteiger partial charge in [-0.05, 0) is 0 Å². The predicted octanol–water partition coefficient (Wildman–Crippen LogP) is 1.00. The lowest BCUT2D eigenvalue weighted by Gasteiger charge is -1.84. The maximum atomic E-state index is 10.2. The molecule has 0 radical (unpaired) electrons. The number of rotatable bonds is 4. The van der Waals surface area contributed by atoms with E-state index in [4.69, 9.17) is 5.11 Å². The Morgan fingerprint density at radius 2 is 1.82 bits per heavy atom. The number of aliphatic hydroxyl groups excluding tert-OH is 1. The van der Waals surface area contributed by atoms with Crippen LogP contribution in [0.25, 0.3) is 0 Å². The Balaban J connectivity index is 0. The fourth-order valence-corrected chi connectivity index (χ4v) is 0.341. The molecular formula is C8H18O3. The van der Waals surface area contributed by atoms with Gasteiger partial charge in [0, 0.05) is 20.0 Å². The molecule has 0 aromatic heterocycles. The Morgan fingerprint density at radius 1 is 1.36 bits per heavy atom. The standard InChI is InChI=1S/C5H10O.C3H8O2/c1-3-5(6)4-2;1-5-3-2-4/h3-4H2,1-2H3;4H,2-3H2,1H3. The molecule has 0 aliphatic heterocycles. The summed E-state index contributed by atoms with van der Waals surface area (Å²) in [6.07, 6.45) is 1.38. The number of hydrogen-bond donors (Lipinski definition) is 1. The Morgan fingerprint density at radius 3 is 1.82 bits per heavy atom. The van der Waals surface area contributed by atoms with E-state index in [9.17, 15) is 4.79 Å². The van der Waals surface area contributed by atoms with Crippen LogP contribution >= 0.6 is 0 Å². The lowest BCUT2D eigenvalue weighted by Crippen LogP contribution is -1.91. The predicted molar refractivity (Wildman–Crippen MR) is 44.6 cm³/mol. The fourth-order valence-electron chi connectivity index (χ4n) is 0.341. The molecule has 0 rings (SSSR count). The van der Waals surface area contributed by atoms with Gasteiger partial charge in [-0.25, -0.2) is 0 Å². The summed E-state index contributed by atoms with van der Waals surface area (Å²) in [5.74, 6) is 0.343. The van der Waals surface area contributed by atoms with E-state index in [1.54, 1.807) is 7.11 Å². The Kier molecular flexibility index (Phi) is 14.7. The molecule has 0 fully saturated rings. The van der Waals surface area contributed by atoms with Crippen LogP contribution in [0.15, 0.2) is 0 Å². The van der Waals surface area contributed by atoms with Crippen LogP contribution in [0.3, 0.4) is 0 Å². The zero-order chi connectivity index (χ0) is 9.11. The highest BCUT2D eigenvalue weighted by molar-refractivity contribution is 5.77. The smallest absolute Gasteiger partial charge is 0.132 e. The second kappa shape index (κ2) is 12.3. The van der Waals surface area contributed by atoms with Gasteiger partial charge < -0.3 is 9.84 Å². The molecule has 68 valence electrons. The second-order valence-electron chi connectivity index (χ2n) is 1.96. The molecule has 0 atom stereocenters. The molecular weight excluding hydrogens is 144 g/mol. The third-order valence-electron chi connectivity index (χ3n) is 1.08. The van der Waals surface area contributed by atoms with Gasteiger partial charge in [0.2, 0.25) is 0 Å². The molecule has 0 aromatic rings. The molecule has 3 nitrogen and oxygen atoms in total. The van der Waals surface area contributed by atoms with Crippen LogP contribution in [0.1, 0.15) is 26.7 Å². The first kappa shape index (κ1) is 13.2. The molecule has 0 bridgehead atoms. The summed E-state index contributed by atoms with van der Waals surface area (Å²) >= 11 is 0. The third kappa shape index (κ3) is 17.7. The molecule has 0 amide bonds. The number of carbonyl (C=O) groups is 1. The van der Waals surface area contributed by atoms with Crippen molar-refractivity contribution in [1.29, 1.82) is 0 Å². The van der Waals surface area contributed by atoms with Crippen molar-refractivity contribution in [2.75, 3.05) is 20.3 Å². The van der Waals surface area contributed by atoms with Gasteiger partial charge >= 0.3 is 0 Å². The lowest BCUT2D eigenvalue weighted by atomic mass is 10.3. The van der Waals surface area contributed by atoms with Gasteiger partial charge in [0.05, 0.1) is 13.2 Å². The van der Waals surface area contributed by atoms with Crippen molar-refractivity contribution in [3.63, 3.8) is 0 Å². The summed E-state index contributed by atoms with van der Waals surface area (Å²) in [4.78, 5) is 10.2. The monoisotopic (exact) mass is 162 g/mol. The van der Waals surface area contributed by atoms with Gasteiger partial charge in [0.1, 0.15) is 5.78 Å². The van der Waals surface area contributed by atoms with Crippen LogP contribution < -0.4 is 0 Å². The molecule has 3 heteroatoms. The molecule has 1 N–H and O–H groups in total. The number of ketones is 1. The first-order valence-electron chi connectivity index (χ1n) is 3.84. The molecule has 0 aromatic carbocycles. The lowest BCUT2D eigenvalue weighted by molar-refractivity contribution is -0.118. The van der Waals surface area contributed by atoms with Crippen molar-refractivity contribution in [2.45, 2.75) is 26.7 Å². The number of aliphatic hydroxyl groups is 1. The van der Waals surface area contributed by atoms with Crippen LogP contribution in [0.5, 0.6) is 0 Å². The SMILES string of the molecule is CCC(=O)CC.COCCO. The fraction of sp³-hybridized carbons (Fsp3) is 0.875. The summed E-state index contributed by atoms with van der Waals surface area (Å²) in [6, 6.07) is 0. The number of carbonyl (C=O) groups excluding carboxylic acids is 1. The average Bonchev–Trinajstić information content (AvgIpc) is 2.06. The maximum Gasteiger partial charge on any atom is 0.132 e. The molecule has 0 saturated heterocycles. The van der Waals surface area contributed by atoms with Crippen molar-refractivity contribution >= 4 is 5.78 Å². The quantitative estimate of drug-likeness (QED) is 0.670. The summed E-state index contributed by atoms with van der Waals surface area (Å²) in [7, 11) is 1.55. The van der Waals surface area contributed by atoms with Gasteiger partial charge in [0.15, 0.2) is 0 Å². The topological polar surface area (TPSA) is 46.5 Å². The van der Waals surface area contributed by atoms with E-state index in [1.165, 1.54) is 0 Å². The molecule has 0 heterocycles. The van der Waals surface area contributed by atoms with Crippen molar-refractivity contribution < 1.29 is 14.6 Å². The zero-order valence-corrected chi connectivity index (χ0v) is 7.59. The minimum atomic E-state index is 0.122. The van der Waals surface area contributed by atoms with Crippen molar-refractivity contribution in [1.82, 2.24) is 0 Å². The largest absolute Gasteiger partial charge is 0.394 e. The molecule has 0 aliphatic carbocycles. The molecule has 0 spiro atoms. The molecule has 0 unspecified atom stereocenters. The van der Waals surface area contributed by atoms with E-state index in [0.717, 1.165) is 0 Å². The Hall–Kier alpha value is -0.410. The highest BCUT2D eigenvalue weighted by atomic mass is 16.5. The van der Waals surface area contributed by atoms with Gasteiger partial charge in [-0.15, -0.1) is 0 Å². The minimum absolute atomic E-state index is 0.122. The Bertz CT molecular complexity index is 73.4. The number of ether oxygens (including phenoxy) is 1. The summed E-state index contributed by atoms with van der Waals surface area (Å²) in [5.41, 5.74) is 0.